The molecule has 1 N–H and O–H groups in total. The second-order valence-corrected chi connectivity index (χ2v) is 8.39. The number of hydrogen-bond donors (Lipinski definition) is 1. The van der Waals surface area contributed by atoms with Crippen molar-refractivity contribution in [3.05, 3.63) is 65.0 Å². The van der Waals surface area contributed by atoms with Crippen LogP contribution in [0.25, 0.3) is 10.9 Å². The monoisotopic (exact) mass is 400 g/mol. The lowest BCUT2D eigenvalue weighted by Gasteiger charge is -2.21. The summed E-state index contributed by atoms with van der Waals surface area (Å²) in [6, 6.07) is 12.1. The zero-order chi connectivity index (χ0) is 20.3. The summed E-state index contributed by atoms with van der Waals surface area (Å²) in [5, 5.41) is 4.08. The molecule has 0 spiro atoms. The second kappa shape index (κ2) is 8.42. The van der Waals surface area contributed by atoms with E-state index in [1.807, 2.05) is 30.5 Å². The van der Waals surface area contributed by atoms with Crippen LogP contribution < -0.4 is 10.2 Å². The summed E-state index contributed by atoms with van der Waals surface area (Å²) in [4.78, 5) is 25.0. The number of amides is 1. The van der Waals surface area contributed by atoms with Gasteiger partial charge in [0.15, 0.2) is 0 Å². The predicted octanol–water partition coefficient (Wildman–Crippen LogP) is 4.43. The highest BCUT2D eigenvalue weighted by molar-refractivity contribution is 6.07. The van der Waals surface area contributed by atoms with Gasteiger partial charge in [0.05, 0.1) is 11.1 Å². The number of rotatable bonds is 4. The van der Waals surface area contributed by atoms with Crippen LogP contribution in [-0.4, -0.2) is 29.0 Å². The number of anilines is 1. The molecule has 2 aromatic heterocycles. The maximum absolute atomic E-state index is 13.2. The summed E-state index contributed by atoms with van der Waals surface area (Å²) in [5.74, 6) is 1.04. The van der Waals surface area contributed by atoms with Crippen LogP contribution in [0.3, 0.4) is 0 Å². The summed E-state index contributed by atoms with van der Waals surface area (Å²) < 4.78 is 0. The van der Waals surface area contributed by atoms with Crippen LogP contribution in [0.15, 0.2) is 42.6 Å². The van der Waals surface area contributed by atoms with Crippen molar-refractivity contribution in [3.63, 3.8) is 0 Å². The van der Waals surface area contributed by atoms with Crippen LogP contribution in [0.4, 0.5) is 5.82 Å². The molecule has 5 rings (SSSR count). The van der Waals surface area contributed by atoms with Gasteiger partial charge in [-0.2, -0.15) is 0 Å². The number of fused-ring (bicyclic) bond motifs is 2. The molecule has 3 aromatic rings. The predicted molar refractivity (Wildman–Crippen MR) is 120 cm³/mol. The first-order valence-corrected chi connectivity index (χ1v) is 11.2. The summed E-state index contributed by atoms with van der Waals surface area (Å²) in [5.41, 5.74) is 4.95. The van der Waals surface area contributed by atoms with E-state index in [0.717, 1.165) is 71.5 Å². The fourth-order valence-corrected chi connectivity index (χ4v) is 4.75. The molecule has 1 aliphatic heterocycles. The Hall–Kier alpha value is -2.95. The Balaban J connectivity index is 1.32. The number of carbonyl (C=O) groups excluding carboxylic acids is 1. The van der Waals surface area contributed by atoms with Crippen LogP contribution in [0, 0.1) is 0 Å². The van der Waals surface area contributed by atoms with Crippen molar-refractivity contribution >= 4 is 22.6 Å². The van der Waals surface area contributed by atoms with Crippen LogP contribution >= 0.6 is 0 Å². The van der Waals surface area contributed by atoms with Crippen molar-refractivity contribution in [2.24, 2.45) is 0 Å². The lowest BCUT2D eigenvalue weighted by molar-refractivity contribution is 0.0951. The van der Waals surface area contributed by atoms with E-state index in [1.54, 1.807) is 0 Å². The van der Waals surface area contributed by atoms with Crippen molar-refractivity contribution in [2.45, 2.75) is 51.5 Å². The SMILES string of the molecule is O=C(NCc1ccc(N2CCCCCC2)nc1)c1c2c(nc3ccccc13)CCC2. The minimum Gasteiger partial charge on any atom is -0.357 e. The summed E-state index contributed by atoms with van der Waals surface area (Å²) >= 11 is 0. The number of carbonyl (C=O) groups is 1. The largest absolute Gasteiger partial charge is 0.357 e. The van der Waals surface area contributed by atoms with Gasteiger partial charge in [0.2, 0.25) is 0 Å². The highest BCUT2D eigenvalue weighted by Crippen LogP contribution is 2.30. The molecule has 30 heavy (non-hydrogen) atoms. The lowest BCUT2D eigenvalue weighted by Crippen LogP contribution is -2.26. The molecule has 1 saturated heterocycles. The van der Waals surface area contributed by atoms with Crippen molar-refractivity contribution in [1.82, 2.24) is 15.3 Å². The van der Waals surface area contributed by atoms with Gasteiger partial charge in [-0.3, -0.25) is 9.78 Å². The minimum atomic E-state index is -0.0108. The molecule has 3 heterocycles. The number of aryl methyl sites for hydroxylation is 1. The number of aromatic nitrogens is 2. The van der Waals surface area contributed by atoms with Crippen LogP contribution in [0.1, 0.15) is 59.3 Å². The first-order valence-electron chi connectivity index (χ1n) is 11.2. The quantitative estimate of drug-likeness (QED) is 0.704. The standard InChI is InChI=1S/C25H28N4O/c30-25(24-19-8-3-4-10-21(19)28-22-11-7-9-20(22)24)27-17-18-12-13-23(26-16-18)29-14-5-1-2-6-15-29/h3-4,8,10,12-13,16H,1-2,5-7,9,11,14-15,17H2,(H,27,30). The highest BCUT2D eigenvalue weighted by atomic mass is 16.1. The Morgan fingerprint density at radius 3 is 2.60 bits per heavy atom. The van der Waals surface area contributed by atoms with E-state index in [-0.39, 0.29) is 5.91 Å². The van der Waals surface area contributed by atoms with Crippen molar-refractivity contribution in [2.75, 3.05) is 18.0 Å². The number of nitrogens with one attached hydrogen (secondary N) is 1. The van der Waals surface area contributed by atoms with Gasteiger partial charge >= 0.3 is 0 Å². The number of benzene rings is 1. The Morgan fingerprint density at radius 2 is 1.80 bits per heavy atom. The summed E-state index contributed by atoms with van der Waals surface area (Å²) in [7, 11) is 0. The third-order valence-corrected chi connectivity index (χ3v) is 6.34. The van der Waals surface area contributed by atoms with E-state index in [4.69, 9.17) is 4.98 Å². The Kier molecular flexibility index (Phi) is 5.35. The molecule has 5 nitrogen and oxygen atoms in total. The fraction of sp³-hybridized carbons (Fsp3) is 0.400. The maximum atomic E-state index is 13.2. The van der Waals surface area contributed by atoms with Gasteiger partial charge in [0.1, 0.15) is 5.82 Å². The van der Waals surface area contributed by atoms with Crippen molar-refractivity contribution < 1.29 is 4.79 Å². The normalized spacial score (nSPS) is 16.3. The van der Waals surface area contributed by atoms with E-state index in [9.17, 15) is 4.79 Å². The third kappa shape index (κ3) is 3.76. The molecule has 0 atom stereocenters. The number of pyridine rings is 2. The van der Waals surface area contributed by atoms with E-state index in [1.165, 1.54) is 25.7 Å². The number of hydrogen-bond acceptors (Lipinski definition) is 4. The van der Waals surface area contributed by atoms with Gasteiger partial charge in [0, 0.05) is 36.9 Å². The van der Waals surface area contributed by atoms with Gasteiger partial charge in [-0.25, -0.2) is 4.98 Å². The molecule has 5 heteroatoms. The molecule has 1 aliphatic carbocycles. The first-order chi connectivity index (χ1) is 14.8. The lowest BCUT2D eigenvalue weighted by atomic mass is 10.0. The summed E-state index contributed by atoms with van der Waals surface area (Å²) in [6.07, 6.45) is 9.97. The highest BCUT2D eigenvalue weighted by Gasteiger charge is 2.23. The smallest absolute Gasteiger partial charge is 0.252 e. The van der Waals surface area contributed by atoms with E-state index in [2.05, 4.69) is 27.3 Å². The van der Waals surface area contributed by atoms with E-state index in [0.29, 0.717) is 6.54 Å². The molecule has 0 unspecified atom stereocenters. The molecule has 1 aromatic carbocycles. The van der Waals surface area contributed by atoms with Crippen LogP contribution in [0.5, 0.6) is 0 Å². The van der Waals surface area contributed by atoms with Crippen LogP contribution in [0.2, 0.25) is 0 Å². The topological polar surface area (TPSA) is 58.1 Å². The number of para-hydroxylation sites is 1. The molecule has 2 aliphatic rings. The van der Waals surface area contributed by atoms with E-state index >= 15 is 0 Å². The van der Waals surface area contributed by atoms with Gasteiger partial charge in [-0.1, -0.05) is 37.1 Å². The molecule has 154 valence electrons. The van der Waals surface area contributed by atoms with Crippen molar-refractivity contribution in [3.8, 4) is 0 Å². The second-order valence-electron chi connectivity index (χ2n) is 8.39. The Labute approximate surface area is 177 Å². The number of nitrogens with zero attached hydrogens (tertiary/aromatic N) is 3. The maximum Gasteiger partial charge on any atom is 0.252 e. The van der Waals surface area contributed by atoms with Crippen molar-refractivity contribution in [1.29, 1.82) is 0 Å². The third-order valence-electron chi connectivity index (χ3n) is 6.34. The molecule has 1 fully saturated rings. The fourth-order valence-electron chi connectivity index (χ4n) is 4.75. The molecular weight excluding hydrogens is 372 g/mol. The Bertz CT molecular complexity index is 1050. The van der Waals surface area contributed by atoms with Gasteiger partial charge in [0.25, 0.3) is 5.91 Å². The van der Waals surface area contributed by atoms with Crippen LogP contribution in [-0.2, 0) is 19.4 Å². The molecule has 1 amide bonds. The minimum absolute atomic E-state index is 0.0108. The molecule has 0 saturated carbocycles. The first kappa shape index (κ1) is 19.0. The average Bonchev–Trinajstić information content (AvgIpc) is 3.07. The molecule has 0 bridgehead atoms. The average molecular weight is 401 g/mol. The van der Waals surface area contributed by atoms with E-state index < -0.39 is 0 Å². The zero-order valence-corrected chi connectivity index (χ0v) is 17.4. The molecule has 0 radical (unpaired) electrons. The zero-order valence-electron chi connectivity index (χ0n) is 17.4. The Morgan fingerprint density at radius 1 is 0.967 bits per heavy atom. The van der Waals surface area contributed by atoms with Gasteiger partial charge < -0.3 is 10.2 Å². The van der Waals surface area contributed by atoms with Gasteiger partial charge in [-0.05, 0) is 55.4 Å². The molecular formula is C25H28N4O. The summed E-state index contributed by atoms with van der Waals surface area (Å²) in [6.45, 7) is 2.66. The van der Waals surface area contributed by atoms with Gasteiger partial charge in [-0.15, -0.1) is 0 Å².